The van der Waals surface area contributed by atoms with E-state index in [1.54, 1.807) is 0 Å². The van der Waals surface area contributed by atoms with Crippen molar-refractivity contribution in [2.24, 2.45) is 0 Å². The fraction of sp³-hybridized carbons (Fsp3) is 0.182. The molecule has 0 aliphatic carbocycles. The number of carbonyl (C=O) groups excluding carboxylic acids is 1. The molecule has 0 bridgehead atoms. The lowest BCUT2D eigenvalue weighted by molar-refractivity contribution is -0.385. The molecule has 1 rings (SSSR count). The second-order valence-electron chi connectivity index (χ2n) is 3.15. The molecule has 0 saturated carbocycles. The molecule has 0 saturated heterocycles. The van der Waals surface area contributed by atoms with Crippen molar-refractivity contribution in [1.82, 2.24) is 0 Å². The molecule has 0 aromatic heterocycles. The number of nitrogens with zero attached hydrogens (tertiary/aromatic N) is 1. The first kappa shape index (κ1) is 12.9. The molecule has 0 atom stereocenters. The van der Waals surface area contributed by atoms with Crippen molar-refractivity contribution in [3.8, 4) is 0 Å². The van der Waals surface area contributed by atoms with Crippen molar-refractivity contribution >= 4 is 11.7 Å². The fourth-order valence-electron chi connectivity index (χ4n) is 1.24. The van der Waals surface area contributed by atoms with Gasteiger partial charge in [0.15, 0.2) is 0 Å². The molecular formula is C11H11NO5. The number of ether oxygens (including phenoxy) is 1. The number of aliphatic hydroxyl groups excluding tert-OH is 1. The summed E-state index contributed by atoms with van der Waals surface area (Å²) < 4.78 is 4.77. The van der Waals surface area contributed by atoms with Crippen molar-refractivity contribution in [3.05, 3.63) is 52.1 Å². The van der Waals surface area contributed by atoms with E-state index in [1.807, 2.05) is 0 Å². The van der Waals surface area contributed by atoms with Crippen molar-refractivity contribution in [2.75, 3.05) is 6.61 Å². The zero-order valence-corrected chi connectivity index (χ0v) is 8.96. The summed E-state index contributed by atoms with van der Waals surface area (Å²) in [5, 5.41) is 19.6. The minimum Gasteiger partial charge on any atom is -0.458 e. The fourth-order valence-corrected chi connectivity index (χ4v) is 1.24. The Bertz CT molecular complexity index is 455. The van der Waals surface area contributed by atoms with Crippen LogP contribution in [0.2, 0.25) is 0 Å². The van der Waals surface area contributed by atoms with Gasteiger partial charge < -0.3 is 9.84 Å². The van der Waals surface area contributed by atoms with E-state index < -0.39 is 17.5 Å². The van der Waals surface area contributed by atoms with Crippen LogP contribution in [0.5, 0.6) is 0 Å². The van der Waals surface area contributed by atoms with Crippen LogP contribution in [0.4, 0.5) is 5.69 Å². The van der Waals surface area contributed by atoms with Crippen molar-refractivity contribution in [1.29, 1.82) is 0 Å². The Kier molecular flexibility index (Phi) is 4.36. The van der Waals surface area contributed by atoms with Crippen LogP contribution in [-0.4, -0.2) is 22.6 Å². The summed E-state index contributed by atoms with van der Waals surface area (Å²) in [4.78, 5) is 21.4. The summed E-state index contributed by atoms with van der Waals surface area (Å²) in [5.41, 5.74) is -0.00248. The molecule has 90 valence electrons. The summed E-state index contributed by atoms with van der Waals surface area (Å²) >= 11 is 0. The van der Waals surface area contributed by atoms with E-state index in [4.69, 9.17) is 9.84 Å². The van der Waals surface area contributed by atoms with Gasteiger partial charge in [0, 0.05) is 6.07 Å². The van der Waals surface area contributed by atoms with E-state index in [-0.39, 0.29) is 23.4 Å². The summed E-state index contributed by atoms with van der Waals surface area (Å²) in [6.07, 6.45) is 1.41. The Hall–Kier alpha value is -2.21. The van der Waals surface area contributed by atoms with Gasteiger partial charge in [-0.05, 0) is 12.1 Å². The first-order valence-electron chi connectivity index (χ1n) is 4.76. The second kappa shape index (κ2) is 5.76. The molecule has 0 amide bonds. The van der Waals surface area contributed by atoms with E-state index in [9.17, 15) is 14.9 Å². The van der Waals surface area contributed by atoms with Gasteiger partial charge in [-0.1, -0.05) is 12.7 Å². The van der Waals surface area contributed by atoms with Gasteiger partial charge in [0.25, 0.3) is 5.69 Å². The van der Waals surface area contributed by atoms with Crippen molar-refractivity contribution in [3.63, 3.8) is 0 Å². The first-order chi connectivity index (χ1) is 8.10. The SMILES string of the molecule is C=CCOC(=O)c1ccc([N+](=O)[O-])c(CO)c1. The number of hydrogen-bond acceptors (Lipinski definition) is 5. The normalized spacial score (nSPS) is 9.71. The third-order valence-corrected chi connectivity index (χ3v) is 2.01. The summed E-state index contributed by atoms with van der Waals surface area (Å²) in [7, 11) is 0. The van der Waals surface area contributed by atoms with Crippen LogP contribution in [-0.2, 0) is 11.3 Å². The lowest BCUT2D eigenvalue weighted by Gasteiger charge is -2.04. The predicted molar refractivity (Wildman–Crippen MR) is 59.5 cm³/mol. The molecule has 0 heterocycles. The number of aliphatic hydroxyl groups is 1. The molecular weight excluding hydrogens is 226 g/mol. The molecule has 0 aliphatic rings. The maximum Gasteiger partial charge on any atom is 0.338 e. The number of nitro groups is 1. The van der Waals surface area contributed by atoms with Gasteiger partial charge in [0.05, 0.1) is 22.7 Å². The molecule has 0 radical (unpaired) electrons. The third-order valence-electron chi connectivity index (χ3n) is 2.01. The van der Waals surface area contributed by atoms with Crippen molar-refractivity contribution < 1.29 is 19.6 Å². The number of carbonyl (C=O) groups is 1. The van der Waals surface area contributed by atoms with Crippen LogP contribution in [0.15, 0.2) is 30.9 Å². The lowest BCUT2D eigenvalue weighted by Crippen LogP contribution is -2.06. The molecule has 1 aromatic carbocycles. The highest BCUT2D eigenvalue weighted by atomic mass is 16.6. The van der Waals surface area contributed by atoms with Crippen LogP contribution in [0.1, 0.15) is 15.9 Å². The quantitative estimate of drug-likeness (QED) is 0.362. The maximum absolute atomic E-state index is 11.4. The highest BCUT2D eigenvalue weighted by Gasteiger charge is 2.16. The van der Waals surface area contributed by atoms with E-state index in [1.165, 1.54) is 18.2 Å². The molecule has 1 N–H and O–H groups in total. The van der Waals surface area contributed by atoms with Gasteiger partial charge in [-0.25, -0.2) is 4.79 Å². The standard InChI is InChI=1S/C11H11NO5/c1-2-5-17-11(14)8-3-4-10(12(15)16)9(6-8)7-13/h2-4,6,13H,1,5,7H2. The Balaban J connectivity index is 3.00. The monoisotopic (exact) mass is 237 g/mol. The largest absolute Gasteiger partial charge is 0.458 e. The van der Waals surface area contributed by atoms with Crippen LogP contribution in [0, 0.1) is 10.1 Å². The number of benzene rings is 1. The van der Waals surface area contributed by atoms with Crippen LogP contribution in [0.3, 0.4) is 0 Å². The van der Waals surface area contributed by atoms with Crippen LogP contribution < -0.4 is 0 Å². The van der Waals surface area contributed by atoms with Gasteiger partial charge in [-0.2, -0.15) is 0 Å². The number of hydrogen-bond donors (Lipinski definition) is 1. The van der Waals surface area contributed by atoms with Gasteiger partial charge in [0.1, 0.15) is 6.61 Å². The smallest absolute Gasteiger partial charge is 0.338 e. The predicted octanol–water partition coefficient (Wildman–Crippen LogP) is 1.43. The Labute approximate surface area is 97.3 Å². The van der Waals surface area contributed by atoms with Crippen molar-refractivity contribution in [2.45, 2.75) is 6.61 Å². The molecule has 17 heavy (non-hydrogen) atoms. The van der Waals surface area contributed by atoms with Gasteiger partial charge in [-0.15, -0.1) is 0 Å². The summed E-state index contributed by atoms with van der Waals surface area (Å²) in [6, 6.07) is 3.68. The minimum absolute atomic E-state index is 0.0598. The molecule has 0 unspecified atom stereocenters. The van der Waals surface area contributed by atoms with E-state index in [0.717, 1.165) is 6.07 Å². The highest BCUT2D eigenvalue weighted by molar-refractivity contribution is 5.90. The van der Waals surface area contributed by atoms with E-state index in [2.05, 4.69) is 6.58 Å². The van der Waals surface area contributed by atoms with Gasteiger partial charge in [-0.3, -0.25) is 10.1 Å². The molecule has 1 aromatic rings. The Morgan fingerprint density at radius 3 is 2.82 bits per heavy atom. The topological polar surface area (TPSA) is 89.7 Å². The van der Waals surface area contributed by atoms with Gasteiger partial charge >= 0.3 is 5.97 Å². The van der Waals surface area contributed by atoms with E-state index in [0.29, 0.717) is 0 Å². The zero-order valence-electron chi connectivity index (χ0n) is 8.96. The van der Waals surface area contributed by atoms with Crippen LogP contribution >= 0.6 is 0 Å². The molecule has 6 heteroatoms. The maximum atomic E-state index is 11.4. The number of nitro benzene ring substituents is 1. The molecule has 0 aliphatic heterocycles. The highest BCUT2D eigenvalue weighted by Crippen LogP contribution is 2.20. The number of rotatable bonds is 5. The number of esters is 1. The minimum atomic E-state index is -0.621. The Morgan fingerprint density at radius 2 is 2.29 bits per heavy atom. The Morgan fingerprint density at radius 1 is 1.59 bits per heavy atom. The zero-order chi connectivity index (χ0) is 12.8. The lowest BCUT2D eigenvalue weighted by atomic mass is 10.1. The first-order valence-corrected chi connectivity index (χ1v) is 4.76. The van der Waals surface area contributed by atoms with E-state index >= 15 is 0 Å². The average molecular weight is 237 g/mol. The molecule has 0 fully saturated rings. The van der Waals surface area contributed by atoms with Crippen LogP contribution in [0.25, 0.3) is 0 Å². The summed E-state index contributed by atoms with van der Waals surface area (Å²) in [6.45, 7) is 2.94. The molecule has 0 spiro atoms. The molecule has 6 nitrogen and oxygen atoms in total. The average Bonchev–Trinajstić information content (AvgIpc) is 2.34. The second-order valence-corrected chi connectivity index (χ2v) is 3.15. The third kappa shape index (κ3) is 3.12. The summed E-state index contributed by atoms with van der Waals surface area (Å²) in [5.74, 6) is -0.616. The van der Waals surface area contributed by atoms with Gasteiger partial charge in [0.2, 0.25) is 0 Å².